The summed E-state index contributed by atoms with van der Waals surface area (Å²) in [6.45, 7) is 0. The number of rotatable bonds is 4. The van der Waals surface area contributed by atoms with E-state index in [4.69, 9.17) is 11.6 Å². The summed E-state index contributed by atoms with van der Waals surface area (Å²) in [5.41, 5.74) is 0.682. The summed E-state index contributed by atoms with van der Waals surface area (Å²) in [5, 5.41) is 5.65. The van der Waals surface area contributed by atoms with E-state index in [0.717, 1.165) is 0 Å². The van der Waals surface area contributed by atoms with Crippen LogP contribution in [0.2, 0.25) is 5.02 Å². The number of nitrogens with zero attached hydrogens (tertiary/aromatic N) is 3. The highest BCUT2D eigenvalue weighted by Crippen LogP contribution is 2.18. The van der Waals surface area contributed by atoms with Gasteiger partial charge in [0.15, 0.2) is 0 Å². The van der Waals surface area contributed by atoms with E-state index in [2.05, 4.69) is 9.74 Å². The second-order valence-corrected chi connectivity index (χ2v) is 5.98. The predicted molar refractivity (Wildman–Crippen MR) is 78.3 cm³/mol. The van der Waals surface area contributed by atoms with Crippen molar-refractivity contribution < 1.29 is 8.42 Å². The Morgan fingerprint density at radius 3 is 2.20 bits per heavy atom. The van der Waals surface area contributed by atoms with Crippen LogP contribution in [0, 0.1) is 0 Å². The van der Waals surface area contributed by atoms with E-state index in [1.165, 1.54) is 17.1 Å². The normalized spacial score (nSPS) is 11.7. The first-order valence-corrected chi connectivity index (χ1v) is 7.53. The van der Waals surface area contributed by atoms with Gasteiger partial charge in [0.2, 0.25) is 0 Å². The molecule has 0 amide bonds. The number of sulfonamides is 1. The lowest BCUT2D eigenvalue weighted by atomic mass is 10.3. The summed E-state index contributed by atoms with van der Waals surface area (Å²) in [7, 11) is -2.18. The van der Waals surface area contributed by atoms with Crippen LogP contribution in [-0.2, 0) is 10.0 Å². The molecule has 0 radical (unpaired) electrons. The SMILES string of the molecule is CN(N=NS(=O)(=O)c1ccccc1)c1ccc(Cl)cc1. The fourth-order valence-electron chi connectivity index (χ4n) is 1.45. The summed E-state index contributed by atoms with van der Waals surface area (Å²) in [5.74, 6) is 0. The van der Waals surface area contributed by atoms with Crippen molar-refractivity contribution in [3.8, 4) is 0 Å². The quantitative estimate of drug-likeness (QED) is 0.641. The van der Waals surface area contributed by atoms with Crippen LogP contribution in [0.5, 0.6) is 0 Å². The minimum Gasteiger partial charge on any atom is -0.249 e. The molecule has 0 unspecified atom stereocenters. The molecular weight excluding hydrogens is 298 g/mol. The lowest BCUT2D eigenvalue weighted by Crippen LogP contribution is -2.08. The smallest absolute Gasteiger partial charge is 0.249 e. The highest BCUT2D eigenvalue weighted by molar-refractivity contribution is 7.90. The highest BCUT2D eigenvalue weighted by Gasteiger charge is 2.12. The summed E-state index contributed by atoms with van der Waals surface area (Å²) < 4.78 is 27.2. The van der Waals surface area contributed by atoms with Gasteiger partial charge in [-0.1, -0.05) is 35.0 Å². The van der Waals surface area contributed by atoms with Crippen molar-refractivity contribution in [3.63, 3.8) is 0 Å². The Balaban J connectivity index is 2.19. The summed E-state index contributed by atoms with van der Waals surface area (Å²) in [6, 6.07) is 14.7. The van der Waals surface area contributed by atoms with Gasteiger partial charge in [0, 0.05) is 12.1 Å². The van der Waals surface area contributed by atoms with Crippen LogP contribution in [0.1, 0.15) is 0 Å². The average Bonchev–Trinajstić information content (AvgIpc) is 2.46. The molecule has 20 heavy (non-hydrogen) atoms. The van der Waals surface area contributed by atoms with Crippen LogP contribution >= 0.6 is 11.6 Å². The van der Waals surface area contributed by atoms with E-state index < -0.39 is 10.0 Å². The van der Waals surface area contributed by atoms with Crippen LogP contribution in [-0.4, -0.2) is 15.5 Å². The average molecular weight is 310 g/mol. The maximum atomic E-state index is 11.9. The summed E-state index contributed by atoms with van der Waals surface area (Å²) >= 11 is 5.78. The Morgan fingerprint density at radius 1 is 1.00 bits per heavy atom. The molecule has 0 aliphatic heterocycles. The Hall–Kier alpha value is -1.92. The van der Waals surface area contributed by atoms with Crippen molar-refractivity contribution in [2.24, 2.45) is 9.74 Å². The first-order chi connectivity index (χ1) is 9.49. The molecular formula is C13H12ClN3O2S. The molecule has 0 aromatic heterocycles. The second-order valence-electron chi connectivity index (χ2n) is 3.96. The summed E-state index contributed by atoms with van der Waals surface area (Å²) in [4.78, 5) is 0.105. The molecule has 0 fully saturated rings. The zero-order valence-corrected chi connectivity index (χ0v) is 12.2. The van der Waals surface area contributed by atoms with Gasteiger partial charge in [0.25, 0.3) is 0 Å². The Kier molecular flexibility index (Phi) is 4.36. The standard InChI is InChI=1S/C13H12ClN3O2S/c1-17(12-9-7-11(14)8-10-12)15-16-20(18,19)13-5-3-2-4-6-13/h2-10H,1H3. The highest BCUT2D eigenvalue weighted by atomic mass is 35.5. The largest absolute Gasteiger partial charge is 0.301 e. The summed E-state index contributed by atoms with van der Waals surface area (Å²) in [6.07, 6.45) is 0. The molecule has 0 spiro atoms. The molecule has 2 rings (SSSR count). The van der Waals surface area contributed by atoms with E-state index in [-0.39, 0.29) is 4.90 Å². The van der Waals surface area contributed by atoms with Crippen LogP contribution < -0.4 is 5.01 Å². The molecule has 104 valence electrons. The fourth-order valence-corrected chi connectivity index (χ4v) is 2.38. The fraction of sp³-hybridized carbons (Fsp3) is 0.0769. The zero-order chi connectivity index (χ0) is 14.6. The minimum absolute atomic E-state index is 0.105. The maximum Gasteiger partial charge on any atom is 0.301 e. The monoisotopic (exact) mass is 309 g/mol. The van der Waals surface area contributed by atoms with Crippen LogP contribution in [0.25, 0.3) is 0 Å². The molecule has 0 heterocycles. The van der Waals surface area contributed by atoms with Gasteiger partial charge >= 0.3 is 10.0 Å². The second kappa shape index (κ2) is 6.02. The van der Waals surface area contributed by atoms with Gasteiger partial charge < -0.3 is 0 Å². The number of halogens is 1. The molecule has 0 N–H and O–H groups in total. The number of hydrogen-bond donors (Lipinski definition) is 0. The van der Waals surface area contributed by atoms with E-state index in [1.54, 1.807) is 49.5 Å². The minimum atomic E-state index is -3.78. The molecule has 5 nitrogen and oxygen atoms in total. The Morgan fingerprint density at radius 2 is 1.60 bits per heavy atom. The molecule has 0 atom stereocenters. The van der Waals surface area contributed by atoms with Crippen molar-refractivity contribution >= 4 is 27.3 Å². The molecule has 2 aromatic rings. The van der Waals surface area contributed by atoms with Crippen LogP contribution in [0.15, 0.2) is 69.2 Å². The van der Waals surface area contributed by atoms with Crippen molar-refractivity contribution in [1.29, 1.82) is 0 Å². The molecule has 0 aliphatic rings. The van der Waals surface area contributed by atoms with Gasteiger partial charge in [0.1, 0.15) is 0 Å². The Labute approximate surface area is 122 Å². The van der Waals surface area contributed by atoms with Crippen molar-refractivity contribution in [1.82, 2.24) is 0 Å². The van der Waals surface area contributed by atoms with E-state index in [1.807, 2.05) is 0 Å². The zero-order valence-electron chi connectivity index (χ0n) is 10.6. The topological polar surface area (TPSA) is 62.1 Å². The van der Waals surface area contributed by atoms with Gasteiger partial charge in [-0.25, -0.2) is 5.01 Å². The van der Waals surface area contributed by atoms with E-state index >= 15 is 0 Å². The maximum absolute atomic E-state index is 11.9. The third-order valence-corrected chi connectivity index (χ3v) is 3.93. The van der Waals surface area contributed by atoms with Gasteiger partial charge in [-0.3, -0.25) is 0 Å². The molecule has 0 aliphatic carbocycles. The molecule has 0 bridgehead atoms. The van der Waals surface area contributed by atoms with Crippen molar-refractivity contribution in [3.05, 3.63) is 59.6 Å². The van der Waals surface area contributed by atoms with Crippen molar-refractivity contribution in [2.75, 3.05) is 12.1 Å². The molecule has 2 aromatic carbocycles. The van der Waals surface area contributed by atoms with Gasteiger partial charge in [-0.05, 0) is 40.9 Å². The van der Waals surface area contributed by atoms with Crippen LogP contribution in [0.4, 0.5) is 5.69 Å². The third kappa shape index (κ3) is 3.55. The van der Waals surface area contributed by atoms with Gasteiger partial charge in [-0.15, -0.1) is 0 Å². The molecule has 0 saturated carbocycles. The lowest BCUT2D eigenvalue weighted by molar-refractivity contribution is 0.594. The number of benzene rings is 2. The first-order valence-electron chi connectivity index (χ1n) is 5.71. The first kappa shape index (κ1) is 14.5. The third-order valence-electron chi connectivity index (χ3n) is 2.52. The van der Waals surface area contributed by atoms with Crippen molar-refractivity contribution in [2.45, 2.75) is 4.90 Å². The van der Waals surface area contributed by atoms with Crippen LogP contribution in [0.3, 0.4) is 0 Å². The van der Waals surface area contributed by atoms with E-state index in [0.29, 0.717) is 10.7 Å². The predicted octanol–water partition coefficient (Wildman–Crippen LogP) is 3.53. The van der Waals surface area contributed by atoms with Gasteiger partial charge in [-0.2, -0.15) is 8.42 Å². The van der Waals surface area contributed by atoms with Gasteiger partial charge in [0.05, 0.1) is 10.6 Å². The lowest BCUT2D eigenvalue weighted by Gasteiger charge is -2.10. The molecule has 0 saturated heterocycles. The number of hydrogen-bond acceptors (Lipinski definition) is 3. The van der Waals surface area contributed by atoms with E-state index in [9.17, 15) is 8.42 Å². The molecule has 7 heteroatoms. The number of anilines is 1. The Bertz CT molecular complexity index is 700.